The van der Waals surface area contributed by atoms with E-state index >= 15 is 0 Å². The summed E-state index contributed by atoms with van der Waals surface area (Å²) in [5.41, 5.74) is 3.30. The lowest BCUT2D eigenvalue weighted by Gasteiger charge is -2.35. The number of hydrogen-bond acceptors (Lipinski definition) is 5. The number of piperazine rings is 1. The van der Waals surface area contributed by atoms with Gasteiger partial charge in [-0.3, -0.25) is 9.69 Å². The van der Waals surface area contributed by atoms with Gasteiger partial charge in [0.25, 0.3) is 0 Å². The number of rotatable bonds is 6. The zero-order chi connectivity index (χ0) is 22.7. The van der Waals surface area contributed by atoms with Gasteiger partial charge in [0, 0.05) is 49.2 Å². The number of pyridine rings is 1. The van der Waals surface area contributed by atoms with Gasteiger partial charge in [-0.05, 0) is 20.2 Å². The molecular weight excluding hydrogens is 404 g/mol. The van der Waals surface area contributed by atoms with Crippen LogP contribution in [-0.2, 0) is 11.3 Å². The molecule has 1 aliphatic rings. The van der Waals surface area contributed by atoms with E-state index in [1.165, 1.54) is 0 Å². The van der Waals surface area contributed by atoms with Gasteiger partial charge in [-0.25, -0.2) is 9.78 Å². The second-order valence-corrected chi connectivity index (χ2v) is 8.40. The molecule has 7 nitrogen and oxygen atoms in total. The molecule has 0 radical (unpaired) electrons. The molecule has 1 saturated heterocycles. The summed E-state index contributed by atoms with van der Waals surface area (Å²) in [6.45, 7) is 3.53. The molecule has 32 heavy (non-hydrogen) atoms. The number of carboxylic acids is 1. The van der Waals surface area contributed by atoms with Gasteiger partial charge in [-0.15, -0.1) is 0 Å². The quantitative estimate of drug-likeness (QED) is 0.646. The second kappa shape index (κ2) is 9.46. The zero-order valence-electron chi connectivity index (χ0n) is 18.5. The molecule has 0 atom stereocenters. The Morgan fingerprint density at radius 1 is 0.969 bits per heavy atom. The molecule has 0 saturated carbocycles. The molecule has 1 aliphatic heterocycles. The summed E-state index contributed by atoms with van der Waals surface area (Å²) in [7, 11) is 3.78. The first-order chi connectivity index (χ1) is 15.4. The van der Waals surface area contributed by atoms with Crippen molar-refractivity contribution in [2.75, 3.05) is 46.8 Å². The number of amides is 1. The molecule has 2 aromatic carbocycles. The van der Waals surface area contributed by atoms with Gasteiger partial charge in [0.15, 0.2) is 0 Å². The molecule has 2 heterocycles. The number of carboxylic acid groups (broad SMARTS) is 1. The van der Waals surface area contributed by atoms with Crippen molar-refractivity contribution in [1.29, 1.82) is 0 Å². The highest BCUT2D eigenvalue weighted by molar-refractivity contribution is 6.05. The topological polar surface area (TPSA) is 77.0 Å². The van der Waals surface area contributed by atoms with Gasteiger partial charge < -0.3 is 14.9 Å². The van der Waals surface area contributed by atoms with Crippen LogP contribution in [0.2, 0.25) is 0 Å². The highest BCUT2D eigenvalue weighted by Crippen LogP contribution is 2.31. The minimum atomic E-state index is -0.949. The summed E-state index contributed by atoms with van der Waals surface area (Å²) in [5.74, 6) is -0.825. The molecule has 0 aliphatic carbocycles. The van der Waals surface area contributed by atoms with E-state index < -0.39 is 5.97 Å². The monoisotopic (exact) mass is 432 g/mol. The molecule has 1 amide bonds. The summed E-state index contributed by atoms with van der Waals surface area (Å²) in [6.07, 6.45) is 0. The lowest BCUT2D eigenvalue weighted by molar-refractivity contribution is -0.133. The third kappa shape index (κ3) is 4.64. The number of nitrogens with zero attached hydrogens (tertiary/aromatic N) is 4. The van der Waals surface area contributed by atoms with Gasteiger partial charge in [0.1, 0.15) is 0 Å². The van der Waals surface area contributed by atoms with Crippen molar-refractivity contribution in [3.8, 4) is 11.3 Å². The first-order valence-corrected chi connectivity index (χ1v) is 10.8. The van der Waals surface area contributed by atoms with Crippen LogP contribution in [0.3, 0.4) is 0 Å². The number of fused-ring (bicyclic) bond motifs is 1. The van der Waals surface area contributed by atoms with Crippen LogP contribution >= 0.6 is 0 Å². The standard InChI is InChI=1S/C25H28N4O3/c1-27(2)17-22(30)29-14-12-28(13-15-29)16-20-23(25(31)32)19-10-6-7-11-21(19)26-24(20)18-8-4-3-5-9-18/h3-11H,12-17H2,1-2H3,(H,31,32). The maximum Gasteiger partial charge on any atom is 0.336 e. The molecule has 0 bridgehead atoms. The molecule has 0 spiro atoms. The Balaban J connectivity index is 1.68. The highest BCUT2D eigenvalue weighted by Gasteiger charge is 2.26. The summed E-state index contributed by atoms with van der Waals surface area (Å²) in [6, 6.07) is 17.1. The van der Waals surface area contributed by atoms with E-state index in [-0.39, 0.29) is 5.91 Å². The molecule has 4 rings (SSSR count). The third-order valence-electron chi connectivity index (χ3n) is 5.81. The van der Waals surface area contributed by atoms with E-state index in [0.29, 0.717) is 61.4 Å². The van der Waals surface area contributed by atoms with Crippen molar-refractivity contribution in [1.82, 2.24) is 19.7 Å². The minimum absolute atomic E-state index is 0.123. The Kier molecular flexibility index (Phi) is 6.48. The maximum absolute atomic E-state index is 12.4. The molecule has 1 aromatic heterocycles. The Morgan fingerprint density at radius 3 is 2.28 bits per heavy atom. The van der Waals surface area contributed by atoms with Crippen LogP contribution in [0, 0.1) is 0 Å². The number of para-hydroxylation sites is 1. The van der Waals surface area contributed by atoms with Crippen LogP contribution in [0.4, 0.5) is 0 Å². The maximum atomic E-state index is 12.4. The van der Waals surface area contributed by atoms with E-state index in [4.69, 9.17) is 4.98 Å². The van der Waals surface area contributed by atoms with Gasteiger partial charge in [-0.2, -0.15) is 0 Å². The Bertz CT molecular complexity index is 1120. The van der Waals surface area contributed by atoms with Crippen molar-refractivity contribution in [3.63, 3.8) is 0 Å². The summed E-state index contributed by atoms with van der Waals surface area (Å²) in [5, 5.41) is 10.8. The van der Waals surface area contributed by atoms with Gasteiger partial charge in [0.05, 0.1) is 23.3 Å². The van der Waals surface area contributed by atoms with Crippen LogP contribution < -0.4 is 0 Å². The first-order valence-electron chi connectivity index (χ1n) is 10.8. The molecule has 0 unspecified atom stereocenters. The summed E-state index contributed by atoms with van der Waals surface area (Å²) >= 11 is 0. The average molecular weight is 433 g/mol. The number of hydrogen-bond donors (Lipinski definition) is 1. The predicted octanol–water partition coefficient (Wildman–Crippen LogP) is 2.81. The summed E-state index contributed by atoms with van der Waals surface area (Å²) < 4.78 is 0. The van der Waals surface area contributed by atoms with E-state index in [9.17, 15) is 14.7 Å². The molecule has 1 N–H and O–H groups in total. The van der Waals surface area contributed by atoms with Crippen molar-refractivity contribution in [2.45, 2.75) is 6.54 Å². The third-order valence-corrected chi connectivity index (χ3v) is 5.81. The minimum Gasteiger partial charge on any atom is -0.478 e. The van der Waals surface area contributed by atoms with Gasteiger partial charge in [0.2, 0.25) is 5.91 Å². The van der Waals surface area contributed by atoms with Gasteiger partial charge in [-0.1, -0.05) is 48.5 Å². The fourth-order valence-corrected chi connectivity index (χ4v) is 4.23. The number of carbonyl (C=O) groups excluding carboxylic acids is 1. The lowest BCUT2D eigenvalue weighted by Crippen LogP contribution is -2.50. The van der Waals surface area contributed by atoms with Crippen LogP contribution in [-0.4, -0.2) is 83.5 Å². The van der Waals surface area contributed by atoms with Crippen LogP contribution in [0.15, 0.2) is 54.6 Å². The number of aromatic nitrogens is 1. The molecule has 3 aromatic rings. The number of likely N-dealkylation sites (N-methyl/N-ethyl adjacent to an activating group) is 1. The second-order valence-electron chi connectivity index (χ2n) is 8.40. The first kappa shape index (κ1) is 21.9. The van der Waals surface area contributed by atoms with Crippen molar-refractivity contribution < 1.29 is 14.7 Å². The SMILES string of the molecule is CN(C)CC(=O)N1CCN(Cc2c(-c3ccccc3)nc3ccccc3c2C(=O)O)CC1. The van der Waals surface area contributed by atoms with Crippen molar-refractivity contribution >= 4 is 22.8 Å². The van der Waals surface area contributed by atoms with Gasteiger partial charge >= 0.3 is 5.97 Å². The zero-order valence-corrected chi connectivity index (χ0v) is 18.5. The number of carbonyl (C=O) groups is 2. The molecule has 1 fully saturated rings. The van der Waals surface area contributed by atoms with E-state index in [1.54, 1.807) is 0 Å². The fourth-order valence-electron chi connectivity index (χ4n) is 4.23. The number of benzene rings is 2. The largest absolute Gasteiger partial charge is 0.478 e. The molecule has 166 valence electrons. The van der Waals surface area contributed by atoms with Crippen molar-refractivity contribution in [2.24, 2.45) is 0 Å². The number of aromatic carboxylic acids is 1. The van der Waals surface area contributed by atoms with Crippen LogP contribution in [0.5, 0.6) is 0 Å². The van der Waals surface area contributed by atoms with Crippen LogP contribution in [0.1, 0.15) is 15.9 Å². The Labute approximate surface area is 187 Å². The van der Waals surface area contributed by atoms with E-state index in [1.807, 2.05) is 78.5 Å². The Morgan fingerprint density at radius 2 is 1.62 bits per heavy atom. The lowest BCUT2D eigenvalue weighted by atomic mass is 9.96. The fraction of sp³-hybridized carbons (Fsp3) is 0.320. The highest BCUT2D eigenvalue weighted by atomic mass is 16.4. The summed E-state index contributed by atoms with van der Waals surface area (Å²) in [4.78, 5) is 35.6. The average Bonchev–Trinajstić information content (AvgIpc) is 2.79. The molecular formula is C25H28N4O3. The predicted molar refractivity (Wildman–Crippen MR) is 125 cm³/mol. The smallest absolute Gasteiger partial charge is 0.336 e. The van der Waals surface area contributed by atoms with E-state index in [2.05, 4.69) is 4.90 Å². The molecule has 7 heteroatoms. The normalized spacial score (nSPS) is 14.8. The van der Waals surface area contributed by atoms with Crippen molar-refractivity contribution in [3.05, 3.63) is 65.7 Å². The van der Waals surface area contributed by atoms with E-state index in [0.717, 1.165) is 11.1 Å². The Hall–Kier alpha value is -3.29. The van der Waals surface area contributed by atoms with Crippen LogP contribution in [0.25, 0.3) is 22.2 Å².